The van der Waals surface area contributed by atoms with Gasteiger partial charge in [0.15, 0.2) is 6.10 Å². The fourth-order valence-electron chi connectivity index (χ4n) is 2.39. The van der Waals surface area contributed by atoms with Crippen molar-refractivity contribution in [2.75, 3.05) is 4.90 Å². The number of amides is 1. The number of rotatable bonds is 3. The lowest BCUT2D eigenvalue weighted by atomic mass is 10.1. The van der Waals surface area contributed by atoms with E-state index in [-0.39, 0.29) is 5.91 Å². The molecule has 6 heteroatoms. The number of hydrogen-bond donors (Lipinski definition) is 0. The third-order valence-electron chi connectivity index (χ3n) is 3.48. The van der Waals surface area contributed by atoms with Crippen LogP contribution in [0.1, 0.15) is 19.4 Å². The number of hydrogen-bond acceptors (Lipinski definition) is 3. The van der Waals surface area contributed by atoms with Crippen LogP contribution in [0.15, 0.2) is 30.6 Å². The van der Waals surface area contributed by atoms with Crippen LogP contribution in [0, 0.1) is 3.57 Å². The first-order valence-corrected chi connectivity index (χ1v) is 7.95. The number of halogens is 1. The maximum atomic E-state index is 12.4. The zero-order chi connectivity index (χ0) is 15.0. The Labute approximate surface area is 137 Å². The Balaban J connectivity index is 1.94. The van der Waals surface area contributed by atoms with Crippen LogP contribution in [0.5, 0.6) is 5.75 Å². The monoisotopic (exact) mass is 397 g/mol. The molecule has 0 saturated carbocycles. The largest absolute Gasteiger partial charge is 0.479 e. The summed E-state index contributed by atoms with van der Waals surface area (Å²) in [4.78, 5) is 14.2. The van der Waals surface area contributed by atoms with Crippen molar-refractivity contribution in [2.24, 2.45) is 0 Å². The molecule has 0 fully saturated rings. The quantitative estimate of drug-likeness (QED) is 0.749. The summed E-state index contributed by atoms with van der Waals surface area (Å²) in [5.74, 6) is 0.741. The Hall–Kier alpha value is -1.57. The van der Waals surface area contributed by atoms with Gasteiger partial charge in [0.25, 0.3) is 5.91 Å². The fourth-order valence-corrected chi connectivity index (χ4v) is 2.85. The van der Waals surface area contributed by atoms with Crippen molar-refractivity contribution in [3.8, 4) is 5.75 Å². The van der Waals surface area contributed by atoms with Gasteiger partial charge in [0.1, 0.15) is 5.75 Å². The van der Waals surface area contributed by atoms with Gasteiger partial charge in [-0.25, -0.2) is 0 Å². The first-order chi connectivity index (χ1) is 10.1. The standard InChI is InChI=1S/C15H16IN3O2/c1-3-18-8-11(7-17-18)9-19-13-5-4-12(16)6-14(13)21-10(2)15(19)20/h4-8,10H,3,9H2,1-2H3. The highest BCUT2D eigenvalue weighted by Crippen LogP contribution is 2.36. The summed E-state index contributed by atoms with van der Waals surface area (Å²) in [7, 11) is 0. The van der Waals surface area contributed by atoms with Gasteiger partial charge in [-0.3, -0.25) is 9.48 Å². The molecule has 0 N–H and O–H groups in total. The molecule has 2 aromatic rings. The molecule has 1 unspecified atom stereocenters. The molecule has 21 heavy (non-hydrogen) atoms. The SMILES string of the molecule is CCn1cc(CN2C(=O)C(C)Oc3cc(I)ccc32)cn1. The van der Waals surface area contributed by atoms with Crippen molar-refractivity contribution in [1.29, 1.82) is 0 Å². The first kappa shape index (κ1) is 14.4. The summed E-state index contributed by atoms with van der Waals surface area (Å²) in [6.07, 6.45) is 3.32. The van der Waals surface area contributed by atoms with Gasteiger partial charge in [-0.05, 0) is 54.6 Å². The lowest BCUT2D eigenvalue weighted by Gasteiger charge is -2.32. The first-order valence-electron chi connectivity index (χ1n) is 6.87. The molecule has 1 aromatic heterocycles. The second-order valence-corrected chi connectivity index (χ2v) is 6.25. The van der Waals surface area contributed by atoms with Gasteiger partial charge in [-0.2, -0.15) is 5.10 Å². The van der Waals surface area contributed by atoms with E-state index >= 15 is 0 Å². The second kappa shape index (κ2) is 5.67. The van der Waals surface area contributed by atoms with Crippen LogP contribution >= 0.6 is 22.6 Å². The van der Waals surface area contributed by atoms with Gasteiger partial charge in [-0.15, -0.1) is 0 Å². The number of ether oxygens (including phenoxy) is 1. The number of carbonyl (C=O) groups excluding carboxylic acids is 1. The van der Waals surface area contributed by atoms with Gasteiger partial charge >= 0.3 is 0 Å². The van der Waals surface area contributed by atoms with Gasteiger partial charge in [0, 0.05) is 21.9 Å². The molecule has 0 saturated heterocycles. The zero-order valence-electron chi connectivity index (χ0n) is 11.9. The van der Waals surface area contributed by atoms with E-state index in [0.29, 0.717) is 6.54 Å². The molecule has 1 aliphatic heterocycles. The molecule has 2 heterocycles. The number of aryl methyl sites for hydroxylation is 1. The molecule has 1 amide bonds. The van der Waals surface area contributed by atoms with Gasteiger partial charge in [0.05, 0.1) is 18.4 Å². The van der Waals surface area contributed by atoms with E-state index in [4.69, 9.17) is 4.74 Å². The molecule has 110 valence electrons. The highest BCUT2D eigenvalue weighted by Gasteiger charge is 2.31. The van der Waals surface area contributed by atoms with Gasteiger partial charge in [-0.1, -0.05) is 0 Å². The smallest absolute Gasteiger partial charge is 0.268 e. The minimum atomic E-state index is -0.461. The Morgan fingerprint density at radius 2 is 2.24 bits per heavy atom. The topological polar surface area (TPSA) is 47.4 Å². The Morgan fingerprint density at radius 3 is 2.95 bits per heavy atom. The zero-order valence-corrected chi connectivity index (χ0v) is 14.1. The molecule has 1 atom stereocenters. The van der Waals surface area contributed by atoms with E-state index in [1.807, 2.05) is 42.2 Å². The maximum Gasteiger partial charge on any atom is 0.268 e. The highest BCUT2D eigenvalue weighted by molar-refractivity contribution is 14.1. The van der Waals surface area contributed by atoms with E-state index in [1.54, 1.807) is 11.8 Å². The summed E-state index contributed by atoms with van der Waals surface area (Å²) >= 11 is 2.24. The Morgan fingerprint density at radius 1 is 1.43 bits per heavy atom. The van der Waals surface area contributed by atoms with E-state index < -0.39 is 6.10 Å². The number of aromatic nitrogens is 2. The van der Waals surface area contributed by atoms with Crippen molar-refractivity contribution < 1.29 is 9.53 Å². The maximum absolute atomic E-state index is 12.4. The van der Waals surface area contributed by atoms with Crippen molar-refractivity contribution >= 4 is 34.2 Å². The van der Waals surface area contributed by atoms with Crippen molar-refractivity contribution in [2.45, 2.75) is 33.0 Å². The predicted octanol–water partition coefficient (Wildman–Crippen LogP) is 2.82. The van der Waals surface area contributed by atoms with E-state index in [0.717, 1.165) is 27.1 Å². The molecule has 3 rings (SSSR count). The van der Waals surface area contributed by atoms with Crippen LogP contribution in [-0.4, -0.2) is 21.8 Å². The number of nitrogens with zero attached hydrogens (tertiary/aromatic N) is 3. The molecule has 1 aliphatic rings. The average Bonchev–Trinajstić information content (AvgIpc) is 2.91. The number of carbonyl (C=O) groups is 1. The summed E-state index contributed by atoms with van der Waals surface area (Å²) < 4.78 is 8.65. The third-order valence-corrected chi connectivity index (χ3v) is 4.15. The molecule has 0 bridgehead atoms. The van der Waals surface area contributed by atoms with Gasteiger partial charge in [0.2, 0.25) is 0 Å². The van der Waals surface area contributed by atoms with Crippen molar-refractivity contribution in [3.63, 3.8) is 0 Å². The lowest BCUT2D eigenvalue weighted by Crippen LogP contribution is -2.43. The second-order valence-electron chi connectivity index (χ2n) is 5.00. The molecule has 0 aliphatic carbocycles. The summed E-state index contributed by atoms with van der Waals surface area (Å²) in [5.41, 5.74) is 1.84. The summed E-state index contributed by atoms with van der Waals surface area (Å²) in [6.45, 7) is 5.16. The molecule has 5 nitrogen and oxygen atoms in total. The Bertz CT molecular complexity index is 683. The van der Waals surface area contributed by atoms with Crippen LogP contribution in [0.2, 0.25) is 0 Å². The van der Waals surface area contributed by atoms with Crippen LogP contribution in [0.3, 0.4) is 0 Å². The molecule has 0 spiro atoms. The number of anilines is 1. The molecular formula is C15H16IN3O2. The summed E-state index contributed by atoms with van der Waals surface area (Å²) in [6, 6.07) is 5.88. The van der Waals surface area contributed by atoms with Crippen LogP contribution < -0.4 is 9.64 Å². The van der Waals surface area contributed by atoms with Gasteiger partial charge < -0.3 is 9.64 Å². The van der Waals surface area contributed by atoms with E-state index in [1.165, 1.54) is 0 Å². The lowest BCUT2D eigenvalue weighted by molar-refractivity contribution is -0.125. The highest BCUT2D eigenvalue weighted by atomic mass is 127. The summed E-state index contributed by atoms with van der Waals surface area (Å²) in [5, 5.41) is 4.26. The average molecular weight is 397 g/mol. The fraction of sp³-hybridized carbons (Fsp3) is 0.333. The predicted molar refractivity (Wildman–Crippen MR) is 88.3 cm³/mol. The number of fused-ring (bicyclic) bond motifs is 1. The normalized spacial score (nSPS) is 17.6. The van der Waals surface area contributed by atoms with Crippen LogP contribution in [0.25, 0.3) is 0 Å². The third kappa shape index (κ3) is 2.76. The molecule has 0 radical (unpaired) electrons. The number of benzene rings is 1. The molecular weight excluding hydrogens is 381 g/mol. The van der Waals surface area contributed by atoms with Crippen LogP contribution in [-0.2, 0) is 17.9 Å². The van der Waals surface area contributed by atoms with E-state index in [2.05, 4.69) is 27.7 Å². The van der Waals surface area contributed by atoms with Crippen molar-refractivity contribution in [1.82, 2.24) is 9.78 Å². The van der Waals surface area contributed by atoms with E-state index in [9.17, 15) is 4.79 Å². The minimum Gasteiger partial charge on any atom is -0.479 e. The Kier molecular flexibility index (Phi) is 3.88. The van der Waals surface area contributed by atoms with Crippen LogP contribution in [0.4, 0.5) is 5.69 Å². The minimum absolute atomic E-state index is 0.0204. The van der Waals surface area contributed by atoms with Crippen molar-refractivity contribution in [3.05, 3.63) is 39.7 Å². The molecule has 1 aromatic carbocycles.